The molecule has 2 aromatic rings. The van der Waals surface area contributed by atoms with E-state index in [9.17, 15) is 4.79 Å². The lowest BCUT2D eigenvalue weighted by Gasteiger charge is -2.35. The zero-order chi connectivity index (χ0) is 17.8. The molecule has 1 atom stereocenters. The average Bonchev–Trinajstić information content (AvgIpc) is 3.10. The average molecular weight is 359 g/mol. The van der Waals surface area contributed by atoms with Crippen LogP contribution in [0, 0.1) is 0 Å². The molecule has 25 heavy (non-hydrogen) atoms. The van der Waals surface area contributed by atoms with Gasteiger partial charge in [0.05, 0.1) is 13.7 Å². The van der Waals surface area contributed by atoms with Crippen LogP contribution in [0.3, 0.4) is 0 Å². The summed E-state index contributed by atoms with van der Waals surface area (Å²) in [6.07, 6.45) is 2.10. The van der Waals surface area contributed by atoms with E-state index in [1.807, 2.05) is 47.5 Å². The predicted molar refractivity (Wildman–Crippen MR) is 102 cm³/mol. The maximum atomic E-state index is 12.7. The van der Waals surface area contributed by atoms with E-state index in [0.29, 0.717) is 19.1 Å². The molecule has 0 N–H and O–H groups in total. The third-order valence-electron chi connectivity index (χ3n) is 4.94. The molecule has 1 aromatic carbocycles. The number of nitrogens with zero attached hydrogens (tertiary/aromatic N) is 2. The van der Waals surface area contributed by atoms with Gasteiger partial charge in [-0.2, -0.15) is 0 Å². The van der Waals surface area contributed by atoms with Crippen LogP contribution in [0.2, 0.25) is 0 Å². The minimum atomic E-state index is 0.174. The van der Waals surface area contributed by atoms with Crippen LogP contribution >= 0.6 is 11.3 Å². The number of amides is 1. The molecule has 1 aliphatic heterocycles. The number of carbonyl (C=O) groups excluding carboxylic acids is 1. The van der Waals surface area contributed by atoms with Crippen LogP contribution in [0.25, 0.3) is 0 Å². The molecule has 0 saturated heterocycles. The summed E-state index contributed by atoms with van der Waals surface area (Å²) < 4.78 is 5.18. The summed E-state index contributed by atoms with van der Waals surface area (Å²) in [5.74, 6) is 1.01. The first-order valence-corrected chi connectivity index (χ1v) is 9.67. The van der Waals surface area contributed by atoms with Gasteiger partial charge in [0.2, 0.25) is 5.91 Å². The second kappa shape index (κ2) is 8.02. The van der Waals surface area contributed by atoms with Gasteiger partial charge in [-0.15, -0.1) is 11.3 Å². The van der Waals surface area contributed by atoms with Crippen LogP contribution in [-0.4, -0.2) is 43.0 Å². The summed E-state index contributed by atoms with van der Waals surface area (Å²) in [6.45, 7) is 4.28. The highest BCUT2D eigenvalue weighted by Gasteiger charge is 2.28. The van der Waals surface area contributed by atoms with Crippen molar-refractivity contribution in [2.45, 2.75) is 32.4 Å². The van der Waals surface area contributed by atoms with Crippen LogP contribution in [-0.2, 0) is 17.8 Å². The topological polar surface area (TPSA) is 32.8 Å². The van der Waals surface area contributed by atoms with Gasteiger partial charge in [0, 0.05) is 31.1 Å². The fourth-order valence-electron chi connectivity index (χ4n) is 3.50. The Morgan fingerprint density at radius 1 is 1.32 bits per heavy atom. The number of thiophene rings is 1. The number of fused-ring (bicyclic) bond motifs is 1. The van der Waals surface area contributed by atoms with Crippen molar-refractivity contribution in [3.05, 3.63) is 51.7 Å². The van der Waals surface area contributed by atoms with Gasteiger partial charge in [0.1, 0.15) is 5.75 Å². The summed E-state index contributed by atoms with van der Waals surface area (Å²) in [6, 6.07) is 10.5. The van der Waals surface area contributed by atoms with Crippen LogP contribution in [0.1, 0.15) is 35.4 Å². The standard InChI is InChI=1S/C20H26N2O2S/c1-4-18-17-10-12-25-19(17)9-11-22(18)14-20(23)21(2)13-15-5-7-16(24-3)8-6-15/h5-8,10,12,18H,4,9,11,13-14H2,1-3H3. The zero-order valence-electron chi connectivity index (χ0n) is 15.2. The summed E-state index contributed by atoms with van der Waals surface area (Å²) in [4.78, 5) is 18.4. The molecule has 1 unspecified atom stereocenters. The van der Waals surface area contributed by atoms with Crippen molar-refractivity contribution in [1.82, 2.24) is 9.80 Å². The third-order valence-corrected chi connectivity index (χ3v) is 5.93. The highest BCUT2D eigenvalue weighted by molar-refractivity contribution is 7.10. The largest absolute Gasteiger partial charge is 0.497 e. The first kappa shape index (κ1) is 18.0. The molecular weight excluding hydrogens is 332 g/mol. The van der Waals surface area contributed by atoms with E-state index < -0.39 is 0 Å². The molecule has 4 nitrogen and oxygen atoms in total. The van der Waals surface area contributed by atoms with Crippen molar-refractivity contribution in [2.24, 2.45) is 0 Å². The van der Waals surface area contributed by atoms with Gasteiger partial charge in [-0.05, 0) is 47.5 Å². The Morgan fingerprint density at radius 2 is 2.08 bits per heavy atom. The van der Waals surface area contributed by atoms with Crippen molar-refractivity contribution in [1.29, 1.82) is 0 Å². The predicted octanol–water partition coefficient (Wildman–Crippen LogP) is 3.72. The molecule has 3 rings (SSSR count). The Bertz CT molecular complexity index is 711. The van der Waals surface area contributed by atoms with E-state index in [-0.39, 0.29) is 5.91 Å². The van der Waals surface area contributed by atoms with E-state index >= 15 is 0 Å². The van der Waals surface area contributed by atoms with E-state index in [4.69, 9.17) is 4.74 Å². The summed E-state index contributed by atoms with van der Waals surface area (Å²) >= 11 is 1.84. The highest BCUT2D eigenvalue weighted by Crippen LogP contribution is 2.34. The number of hydrogen-bond donors (Lipinski definition) is 0. The Balaban J connectivity index is 1.61. The number of ether oxygens (including phenoxy) is 1. The molecule has 134 valence electrons. The van der Waals surface area contributed by atoms with Crippen LogP contribution < -0.4 is 4.74 Å². The van der Waals surface area contributed by atoms with E-state index in [0.717, 1.165) is 30.7 Å². The summed E-state index contributed by atoms with van der Waals surface area (Å²) in [5.41, 5.74) is 2.53. The van der Waals surface area contributed by atoms with E-state index in [2.05, 4.69) is 23.3 Å². The van der Waals surface area contributed by atoms with Gasteiger partial charge < -0.3 is 9.64 Å². The third kappa shape index (κ3) is 4.05. The number of hydrogen-bond acceptors (Lipinski definition) is 4. The quantitative estimate of drug-likeness (QED) is 0.789. The van der Waals surface area contributed by atoms with Crippen molar-refractivity contribution >= 4 is 17.2 Å². The Hall–Kier alpha value is -1.85. The second-order valence-corrected chi connectivity index (χ2v) is 7.54. The summed E-state index contributed by atoms with van der Waals surface area (Å²) in [5, 5.41) is 2.18. The molecule has 0 spiro atoms. The van der Waals surface area contributed by atoms with E-state index in [1.165, 1.54) is 10.4 Å². The lowest BCUT2D eigenvalue weighted by atomic mass is 9.98. The zero-order valence-corrected chi connectivity index (χ0v) is 16.0. The second-order valence-electron chi connectivity index (χ2n) is 6.54. The highest BCUT2D eigenvalue weighted by atomic mass is 32.1. The van der Waals surface area contributed by atoms with Gasteiger partial charge in [0.15, 0.2) is 0 Å². The van der Waals surface area contributed by atoms with Gasteiger partial charge in [0.25, 0.3) is 0 Å². The van der Waals surface area contributed by atoms with Crippen molar-refractivity contribution in [2.75, 3.05) is 27.2 Å². The number of carbonyl (C=O) groups is 1. The molecule has 5 heteroatoms. The first-order valence-electron chi connectivity index (χ1n) is 8.79. The fraction of sp³-hybridized carbons (Fsp3) is 0.450. The molecule has 0 fully saturated rings. The van der Waals surface area contributed by atoms with Gasteiger partial charge in [-0.1, -0.05) is 19.1 Å². The Labute approximate surface area is 154 Å². The Kier molecular flexibility index (Phi) is 5.76. The normalized spacial score (nSPS) is 17.2. The van der Waals surface area contributed by atoms with Gasteiger partial charge in [-0.3, -0.25) is 9.69 Å². The van der Waals surface area contributed by atoms with Gasteiger partial charge in [-0.25, -0.2) is 0 Å². The van der Waals surface area contributed by atoms with Crippen LogP contribution in [0.4, 0.5) is 0 Å². The monoisotopic (exact) mass is 358 g/mol. The SMILES string of the molecule is CCC1c2ccsc2CCN1CC(=O)N(C)Cc1ccc(OC)cc1. The maximum Gasteiger partial charge on any atom is 0.236 e. The van der Waals surface area contributed by atoms with Crippen molar-refractivity contribution in [3.8, 4) is 5.75 Å². The number of methoxy groups -OCH3 is 1. The van der Waals surface area contributed by atoms with E-state index in [1.54, 1.807) is 7.11 Å². The van der Waals surface area contributed by atoms with Crippen molar-refractivity contribution < 1.29 is 9.53 Å². The molecule has 0 radical (unpaired) electrons. The molecule has 0 saturated carbocycles. The smallest absolute Gasteiger partial charge is 0.236 e. The fourth-order valence-corrected chi connectivity index (χ4v) is 4.43. The lowest BCUT2D eigenvalue weighted by molar-refractivity contribution is -0.132. The number of likely N-dealkylation sites (N-methyl/N-ethyl adjacent to an activating group) is 1. The molecule has 2 heterocycles. The maximum absolute atomic E-state index is 12.7. The minimum absolute atomic E-state index is 0.174. The molecule has 0 bridgehead atoms. The summed E-state index contributed by atoms with van der Waals surface area (Å²) in [7, 11) is 3.54. The lowest BCUT2D eigenvalue weighted by Crippen LogP contribution is -2.42. The number of benzene rings is 1. The van der Waals surface area contributed by atoms with Crippen LogP contribution in [0.15, 0.2) is 35.7 Å². The molecular formula is C20H26N2O2S. The molecule has 1 aliphatic rings. The molecule has 1 aromatic heterocycles. The molecule has 1 amide bonds. The van der Waals surface area contributed by atoms with Gasteiger partial charge >= 0.3 is 0 Å². The van der Waals surface area contributed by atoms with Crippen molar-refractivity contribution in [3.63, 3.8) is 0 Å². The first-order chi connectivity index (χ1) is 12.1. The molecule has 0 aliphatic carbocycles. The minimum Gasteiger partial charge on any atom is -0.497 e. The van der Waals surface area contributed by atoms with Crippen LogP contribution in [0.5, 0.6) is 5.75 Å². The Morgan fingerprint density at radius 3 is 2.76 bits per heavy atom. The number of rotatable bonds is 6.